The highest BCUT2D eigenvalue weighted by Crippen LogP contribution is 2.16. The maximum Gasteiger partial charge on any atom is 0.358 e. The zero-order valence-electron chi connectivity index (χ0n) is 12.2. The maximum absolute atomic E-state index is 11.2. The quantitative estimate of drug-likeness (QED) is 0.847. The third kappa shape index (κ3) is 3.59. The van der Waals surface area contributed by atoms with Gasteiger partial charge in [0.05, 0.1) is 0 Å². The molecular weight excluding hydrogens is 270 g/mol. The van der Waals surface area contributed by atoms with Crippen molar-refractivity contribution in [2.45, 2.75) is 39.8 Å². The summed E-state index contributed by atoms with van der Waals surface area (Å²) in [6.45, 7) is 4.84. The molecule has 1 heterocycles. The molecule has 112 valence electrons. The monoisotopic (exact) mass is 289 g/mol. The van der Waals surface area contributed by atoms with Crippen LogP contribution in [0.5, 0.6) is 5.75 Å². The Morgan fingerprint density at radius 3 is 2.57 bits per heavy atom. The molecule has 0 spiro atoms. The van der Waals surface area contributed by atoms with E-state index in [2.05, 4.69) is 17.2 Å². The lowest BCUT2D eigenvalue weighted by atomic mass is 10.2. The van der Waals surface area contributed by atoms with Crippen LogP contribution in [0.15, 0.2) is 24.3 Å². The first-order valence-electron chi connectivity index (χ1n) is 7.03. The number of carboxylic acids is 1. The Morgan fingerprint density at radius 1 is 1.29 bits per heavy atom. The summed E-state index contributed by atoms with van der Waals surface area (Å²) in [5, 5.41) is 16.7. The van der Waals surface area contributed by atoms with Crippen molar-refractivity contribution >= 4 is 5.97 Å². The van der Waals surface area contributed by atoms with Crippen LogP contribution in [0.2, 0.25) is 0 Å². The first-order valence-corrected chi connectivity index (χ1v) is 7.03. The zero-order chi connectivity index (χ0) is 15.2. The number of carbonyl (C=O) groups is 1. The van der Waals surface area contributed by atoms with Gasteiger partial charge in [-0.15, -0.1) is 5.10 Å². The lowest BCUT2D eigenvalue weighted by Gasteiger charge is -2.09. The van der Waals surface area contributed by atoms with E-state index in [1.54, 1.807) is 4.68 Å². The molecule has 6 heteroatoms. The highest BCUT2D eigenvalue weighted by Gasteiger charge is 2.19. The third-order valence-corrected chi connectivity index (χ3v) is 3.18. The van der Waals surface area contributed by atoms with Gasteiger partial charge in [-0.3, -0.25) is 0 Å². The van der Waals surface area contributed by atoms with E-state index < -0.39 is 5.97 Å². The number of aryl methyl sites for hydroxylation is 2. The molecule has 0 saturated carbocycles. The maximum atomic E-state index is 11.2. The van der Waals surface area contributed by atoms with Crippen LogP contribution in [0.3, 0.4) is 0 Å². The number of ether oxygens (including phenoxy) is 1. The molecule has 0 aliphatic carbocycles. The number of aromatic nitrogens is 3. The Kier molecular flexibility index (Phi) is 4.92. The van der Waals surface area contributed by atoms with Crippen molar-refractivity contribution in [2.75, 3.05) is 0 Å². The Bertz CT molecular complexity index is 605. The number of rotatable bonds is 7. The van der Waals surface area contributed by atoms with Crippen LogP contribution >= 0.6 is 0 Å². The molecule has 0 atom stereocenters. The summed E-state index contributed by atoms with van der Waals surface area (Å²) < 4.78 is 7.25. The molecule has 6 nitrogen and oxygen atoms in total. The molecule has 21 heavy (non-hydrogen) atoms. The highest BCUT2D eigenvalue weighted by atomic mass is 16.5. The molecule has 0 bridgehead atoms. The van der Waals surface area contributed by atoms with Crippen molar-refractivity contribution in [3.63, 3.8) is 0 Å². The molecule has 2 rings (SSSR count). The summed E-state index contributed by atoms with van der Waals surface area (Å²) in [5.41, 5.74) is 1.67. The molecule has 0 radical (unpaired) electrons. The van der Waals surface area contributed by atoms with Gasteiger partial charge < -0.3 is 9.84 Å². The average Bonchev–Trinajstić information content (AvgIpc) is 2.89. The number of hydrogen-bond acceptors (Lipinski definition) is 4. The van der Waals surface area contributed by atoms with E-state index in [-0.39, 0.29) is 12.3 Å². The summed E-state index contributed by atoms with van der Waals surface area (Å²) in [4.78, 5) is 11.2. The van der Waals surface area contributed by atoms with Gasteiger partial charge in [-0.1, -0.05) is 31.2 Å². The van der Waals surface area contributed by atoms with Gasteiger partial charge in [0.1, 0.15) is 18.1 Å². The van der Waals surface area contributed by atoms with E-state index in [9.17, 15) is 4.79 Å². The fourth-order valence-electron chi connectivity index (χ4n) is 2.01. The minimum atomic E-state index is -1.09. The molecule has 0 aliphatic heterocycles. The van der Waals surface area contributed by atoms with Gasteiger partial charge in [0, 0.05) is 6.54 Å². The largest absolute Gasteiger partial charge is 0.487 e. The Hall–Kier alpha value is -2.37. The standard InChI is InChI=1S/C15H19N3O3/c1-3-9-18-13(14(15(19)20)16-17-18)10-21-12-7-5-11(4-2)6-8-12/h5-8H,3-4,9-10H2,1-2H3,(H,19,20). The number of benzene rings is 1. The average molecular weight is 289 g/mol. The molecule has 0 amide bonds. The topological polar surface area (TPSA) is 77.2 Å². The lowest BCUT2D eigenvalue weighted by Crippen LogP contribution is -2.11. The van der Waals surface area contributed by atoms with E-state index >= 15 is 0 Å². The van der Waals surface area contributed by atoms with Crippen molar-refractivity contribution in [1.29, 1.82) is 0 Å². The number of aromatic carboxylic acids is 1. The summed E-state index contributed by atoms with van der Waals surface area (Å²) >= 11 is 0. The van der Waals surface area contributed by atoms with E-state index in [1.807, 2.05) is 31.2 Å². The van der Waals surface area contributed by atoms with E-state index in [4.69, 9.17) is 9.84 Å². The van der Waals surface area contributed by atoms with E-state index in [0.717, 1.165) is 12.8 Å². The molecule has 0 saturated heterocycles. The van der Waals surface area contributed by atoms with Crippen molar-refractivity contribution < 1.29 is 14.6 Å². The van der Waals surface area contributed by atoms with Crippen molar-refractivity contribution in [3.05, 3.63) is 41.2 Å². The fourth-order valence-corrected chi connectivity index (χ4v) is 2.01. The molecule has 0 fully saturated rings. The Morgan fingerprint density at radius 2 is 2.00 bits per heavy atom. The summed E-state index contributed by atoms with van der Waals surface area (Å²) in [7, 11) is 0. The smallest absolute Gasteiger partial charge is 0.358 e. The van der Waals surface area contributed by atoms with Crippen LogP contribution in [0.25, 0.3) is 0 Å². The summed E-state index contributed by atoms with van der Waals surface area (Å²) in [6, 6.07) is 7.75. The predicted molar refractivity (Wildman–Crippen MR) is 77.4 cm³/mol. The zero-order valence-corrected chi connectivity index (χ0v) is 12.2. The summed E-state index contributed by atoms with van der Waals surface area (Å²) in [6.07, 6.45) is 1.82. The van der Waals surface area contributed by atoms with Gasteiger partial charge in [0.25, 0.3) is 0 Å². The van der Waals surface area contributed by atoms with Crippen molar-refractivity contribution in [3.8, 4) is 5.75 Å². The normalized spacial score (nSPS) is 10.6. The highest BCUT2D eigenvalue weighted by molar-refractivity contribution is 5.86. The number of hydrogen-bond donors (Lipinski definition) is 1. The van der Waals surface area contributed by atoms with Crippen LogP contribution in [-0.2, 0) is 19.6 Å². The molecular formula is C15H19N3O3. The van der Waals surface area contributed by atoms with Gasteiger partial charge in [-0.05, 0) is 30.5 Å². The van der Waals surface area contributed by atoms with E-state index in [0.29, 0.717) is 18.0 Å². The minimum Gasteiger partial charge on any atom is -0.487 e. The van der Waals surface area contributed by atoms with Gasteiger partial charge in [0.2, 0.25) is 0 Å². The number of carboxylic acid groups (broad SMARTS) is 1. The lowest BCUT2D eigenvalue weighted by molar-refractivity contribution is 0.0687. The first-order chi connectivity index (χ1) is 10.2. The van der Waals surface area contributed by atoms with Gasteiger partial charge in [-0.2, -0.15) is 0 Å². The summed E-state index contributed by atoms with van der Waals surface area (Å²) in [5.74, 6) is -0.384. The predicted octanol–water partition coefficient (Wildman–Crippen LogP) is 2.53. The Labute approximate surface area is 123 Å². The fraction of sp³-hybridized carbons (Fsp3) is 0.400. The minimum absolute atomic E-state index is 0.0476. The molecule has 1 aromatic heterocycles. The van der Waals surface area contributed by atoms with Gasteiger partial charge in [-0.25, -0.2) is 9.48 Å². The second kappa shape index (κ2) is 6.88. The molecule has 2 aromatic rings. The van der Waals surface area contributed by atoms with Crippen LogP contribution in [0, 0.1) is 0 Å². The van der Waals surface area contributed by atoms with Crippen molar-refractivity contribution in [1.82, 2.24) is 15.0 Å². The molecule has 0 unspecified atom stereocenters. The van der Waals surface area contributed by atoms with Gasteiger partial charge in [0.15, 0.2) is 5.69 Å². The second-order valence-electron chi connectivity index (χ2n) is 4.70. The van der Waals surface area contributed by atoms with E-state index in [1.165, 1.54) is 5.56 Å². The Balaban J connectivity index is 2.13. The van der Waals surface area contributed by atoms with Crippen LogP contribution in [0.4, 0.5) is 0 Å². The van der Waals surface area contributed by atoms with Crippen LogP contribution < -0.4 is 4.74 Å². The van der Waals surface area contributed by atoms with Crippen LogP contribution in [-0.4, -0.2) is 26.1 Å². The van der Waals surface area contributed by atoms with Crippen LogP contribution in [0.1, 0.15) is 42.0 Å². The first kappa shape index (κ1) is 15.0. The third-order valence-electron chi connectivity index (χ3n) is 3.18. The molecule has 1 aromatic carbocycles. The molecule has 0 aliphatic rings. The number of nitrogens with zero attached hydrogens (tertiary/aromatic N) is 3. The molecule has 1 N–H and O–H groups in total. The van der Waals surface area contributed by atoms with Crippen molar-refractivity contribution in [2.24, 2.45) is 0 Å². The van der Waals surface area contributed by atoms with Gasteiger partial charge >= 0.3 is 5.97 Å². The SMILES string of the molecule is CCCn1nnc(C(=O)O)c1COc1ccc(CC)cc1. The second-order valence-corrected chi connectivity index (χ2v) is 4.70.